The summed E-state index contributed by atoms with van der Waals surface area (Å²) < 4.78 is 0. The molecule has 5 nitrogen and oxygen atoms in total. The third-order valence-electron chi connectivity index (χ3n) is 10.4. The first-order valence-corrected chi connectivity index (χ1v) is 16.4. The van der Waals surface area contributed by atoms with E-state index in [1.165, 1.54) is 44.3 Å². The number of hydrogen-bond donors (Lipinski definition) is 2. The number of nitrogens with zero attached hydrogens (tertiary/aromatic N) is 2. The second-order valence-electron chi connectivity index (χ2n) is 13.5. The van der Waals surface area contributed by atoms with Gasteiger partial charge in [-0.3, -0.25) is 0 Å². The van der Waals surface area contributed by atoms with E-state index in [2.05, 4.69) is 59.7 Å². The van der Waals surface area contributed by atoms with Crippen LogP contribution >= 0.6 is 0 Å². The summed E-state index contributed by atoms with van der Waals surface area (Å²) in [5.74, 6) is 1.76. The molecule has 0 radical (unpaired) electrons. The Hall–Kier alpha value is -3.78. The van der Waals surface area contributed by atoms with Gasteiger partial charge in [-0.25, -0.2) is 4.79 Å². The van der Waals surface area contributed by atoms with Gasteiger partial charge in [-0.2, -0.15) is 5.26 Å². The van der Waals surface area contributed by atoms with E-state index in [1.807, 2.05) is 60.7 Å². The average Bonchev–Trinajstić information content (AvgIpc) is 3.58. The van der Waals surface area contributed by atoms with Crippen LogP contribution in [0.1, 0.15) is 87.8 Å². The van der Waals surface area contributed by atoms with E-state index in [9.17, 15) is 10.1 Å². The zero-order valence-corrected chi connectivity index (χ0v) is 25.7. The Morgan fingerprint density at radius 1 is 0.884 bits per heavy atom. The molecule has 2 heterocycles. The van der Waals surface area contributed by atoms with Crippen LogP contribution in [0.4, 0.5) is 10.5 Å². The number of nitrogens with one attached hydrogen (secondary N) is 2. The Bertz CT molecular complexity index is 1340. The van der Waals surface area contributed by atoms with Crippen molar-refractivity contribution in [3.8, 4) is 6.07 Å². The average molecular weight is 575 g/mol. The van der Waals surface area contributed by atoms with Crippen LogP contribution in [-0.2, 0) is 5.41 Å². The Balaban J connectivity index is 1.07. The number of para-hydroxylation sites is 1. The maximum atomic E-state index is 13.6. The minimum Gasteiger partial charge on any atom is -0.368 e. The predicted molar refractivity (Wildman–Crippen MR) is 174 cm³/mol. The van der Waals surface area contributed by atoms with Crippen LogP contribution < -0.4 is 15.5 Å². The molecule has 3 aromatic rings. The van der Waals surface area contributed by atoms with Crippen molar-refractivity contribution in [2.45, 2.75) is 94.7 Å². The number of carbonyl (C=O) groups excluding carboxylic acids is 1. The number of urea groups is 1. The van der Waals surface area contributed by atoms with E-state index in [1.54, 1.807) is 5.56 Å². The summed E-state index contributed by atoms with van der Waals surface area (Å²) in [6, 6.07) is 31.9. The maximum absolute atomic E-state index is 13.6. The lowest BCUT2D eigenvalue weighted by molar-refractivity contribution is 0.215. The third kappa shape index (κ3) is 5.90. The molecule has 1 aliphatic carbocycles. The summed E-state index contributed by atoms with van der Waals surface area (Å²) in [6.45, 7) is 5.51. The van der Waals surface area contributed by atoms with Gasteiger partial charge < -0.3 is 15.5 Å². The molecule has 2 fully saturated rings. The molecule has 224 valence electrons. The molecule has 0 spiro atoms. The number of benzene rings is 3. The second kappa shape index (κ2) is 12.8. The van der Waals surface area contributed by atoms with Gasteiger partial charge in [0.05, 0.1) is 12.1 Å². The number of anilines is 1. The standard InChI is InChI=1S/C38H46N4O/c1-27(2)25-36(38(26-39,29-11-5-3-6-12-29)30-13-7-4-8-14-30)41-37(43)40-31-20-17-28(18-21-31)19-22-35-33-23-24-42(35)34-16-10-9-15-32(33)34/h3-16,27-28,31,33,35-36H,17-25H2,1-2H3,(H2,40,41,43)/t28?,31?,33-,35?,36-/m0/s1. The van der Waals surface area contributed by atoms with Crippen LogP contribution in [0.3, 0.4) is 0 Å². The summed E-state index contributed by atoms with van der Waals surface area (Å²) in [5.41, 5.74) is 3.86. The van der Waals surface area contributed by atoms with E-state index in [-0.39, 0.29) is 18.1 Å². The number of rotatable bonds is 10. The zero-order chi connectivity index (χ0) is 29.8. The van der Waals surface area contributed by atoms with Gasteiger partial charge in [0.2, 0.25) is 0 Å². The van der Waals surface area contributed by atoms with E-state index >= 15 is 0 Å². The van der Waals surface area contributed by atoms with Crippen molar-refractivity contribution in [1.82, 2.24) is 10.6 Å². The number of amides is 2. The van der Waals surface area contributed by atoms with Crippen LogP contribution in [0, 0.1) is 23.2 Å². The molecular formula is C38H46N4O. The van der Waals surface area contributed by atoms with Gasteiger partial charge in [-0.05, 0) is 86.0 Å². The van der Waals surface area contributed by atoms with Gasteiger partial charge in [0, 0.05) is 30.2 Å². The van der Waals surface area contributed by atoms with E-state index in [0.717, 1.165) is 29.9 Å². The lowest BCUT2D eigenvalue weighted by atomic mass is 9.68. The smallest absolute Gasteiger partial charge is 0.315 e. The second-order valence-corrected chi connectivity index (χ2v) is 13.5. The van der Waals surface area contributed by atoms with Gasteiger partial charge in [0.1, 0.15) is 5.41 Å². The topological polar surface area (TPSA) is 68.2 Å². The van der Waals surface area contributed by atoms with Gasteiger partial charge in [-0.1, -0.05) is 92.7 Å². The maximum Gasteiger partial charge on any atom is 0.315 e. The Labute approximate surface area is 257 Å². The first-order chi connectivity index (χ1) is 21.0. The van der Waals surface area contributed by atoms with Crippen molar-refractivity contribution in [3.63, 3.8) is 0 Å². The Kier molecular flexibility index (Phi) is 8.75. The van der Waals surface area contributed by atoms with E-state index in [0.29, 0.717) is 24.3 Å². The van der Waals surface area contributed by atoms with E-state index < -0.39 is 5.41 Å². The zero-order valence-electron chi connectivity index (χ0n) is 25.7. The molecule has 43 heavy (non-hydrogen) atoms. The quantitative estimate of drug-likeness (QED) is 0.258. The van der Waals surface area contributed by atoms with Crippen molar-refractivity contribution in [1.29, 1.82) is 5.26 Å². The molecule has 1 saturated carbocycles. The van der Waals surface area contributed by atoms with Gasteiger partial charge in [0.25, 0.3) is 0 Å². The predicted octanol–water partition coefficient (Wildman–Crippen LogP) is 7.93. The largest absolute Gasteiger partial charge is 0.368 e. The van der Waals surface area contributed by atoms with Crippen molar-refractivity contribution < 1.29 is 4.79 Å². The fraction of sp³-hybridized carbons (Fsp3) is 0.474. The highest BCUT2D eigenvalue weighted by molar-refractivity contribution is 5.75. The lowest BCUT2D eigenvalue weighted by Gasteiger charge is -2.38. The SMILES string of the molecule is CC(C)C[C@H](NC(=O)NC1CCC(CCC2[C@H]3CCN2c2ccccc23)CC1)C(C#N)(c1ccccc1)c1ccccc1. The van der Waals surface area contributed by atoms with Crippen molar-refractivity contribution in [2.24, 2.45) is 11.8 Å². The molecule has 3 aromatic carbocycles. The monoisotopic (exact) mass is 574 g/mol. The summed E-state index contributed by atoms with van der Waals surface area (Å²) in [7, 11) is 0. The number of hydrogen-bond acceptors (Lipinski definition) is 3. The molecule has 2 amide bonds. The molecule has 2 aliphatic heterocycles. The summed E-state index contributed by atoms with van der Waals surface area (Å²) in [6.07, 6.45) is 8.92. The fourth-order valence-electron chi connectivity index (χ4n) is 8.32. The summed E-state index contributed by atoms with van der Waals surface area (Å²) in [5, 5.41) is 17.4. The number of carbonyl (C=O) groups is 1. The summed E-state index contributed by atoms with van der Waals surface area (Å²) in [4.78, 5) is 16.2. The first kappa shape index (κ1) is 29.3. The highest BCUT2D eigenvalue weighted by Crippen LogP contribution is 2.50. The normalized spacial score (nSPS) is 23.4. The van der Waals surface area contributed by atoms with Crippen LogP contribution in [-0.4, -0.2) is 30.7 Å². The Morgan fingerprint density at radius 2 is 1.51 bits per heavy atom. The molecule has 6 rings (SSSR count). The van der Waals surface area contributed by atoms with Crippen LogP contribution in [0.25, 0.3) is 0 Å². The molecule has 3 aliphatic rings. The first-order valence-electron chi connectivity index (χ1n) is 16.4. The van der Waals surface area contributed by atoms with Crippen molar-refractivity contribution >= 4 is 11.7 Å². The molecule has 0 aromatic heterocycles. The molecule has 3 atom stereocenters. The fourth-order valence-corrected chi connectivity index (χ4v) is 8.32. The molecule has 1 unspecified atom stereocenters. The third-order valence-corrected chi connectivity index (χ3v) is 10.4. The number of nitriles is 1. The van der Waals surface area contributed by atoms with Gasteiger partial charge in [0.15, 0.2) is 0 Å². The molecule has 2 N–H and O–H groups in total. The molecule has 5 heteroatoms. The van der Waals surface area contributed by atoms with Crippen LogP contribution in [0.5, 0.6) is 0 Å². The minimum atomic E-state index is -0.989. The highest BCUT2D eigenvalue weighted by Gasteiger charge is 2.45. The van der Waals surface area contributed by atoms with Gasteiger partial charge in [-0.15, -0.1) is 0 Å². The van der Waals surface area contributed by atoms with E-state index in [4.69, 9.17) is 0 Å². The van der Waals surface area contributed by atoms with Crippen LogP contribution in [0.15, 0.2) is 84.9 Å². The molecular weight excluding hydrogens is 528 g/mol. The summed E-state index contributed by atoms with van der Waals surface area (Å²) >= 11 is 0. The van der Waals surface area contributed by atoms with Gasteiger partial charge >= 0.3 is 6.03 Å². The molecule has 1 saturated heterocycles. The van der Waals surface area contributed by atoms with Crippen molar-refractivity contribution in [2.75, 3.05) is 11.4 Å². The Morgan fingerprint density at radius 3 is 2.12 bits per heavy atom. The molecule has 2 bridgehead atoms. The van der Waals surface area contributed by atoms with Crippen LogP contribution in [0.2, 0.25) is 0 Å². The highest BCUT2D eigenvalue weighted by atomic mass is 16.2. The minimum absolute atomic E-state index is 0.159. The number of fused-ring (bicyclic) bond motifs is 5. The van der Waals surface area contributed by atoms with Crippen molar-refractivity contribution in [3.05, 3.63) is 102 Å². The lowest BCUT2D eigenvalue weighted by Crippen LogP contribution is -2.55.